The zero-order chi connectivity index (χ0) is 17.7. The molecule has 0 saturated carbocycles. The zero-order valence-corrected chi connectivity index (χ0v) is 15.0. The number of rotatable bonds is 6. The predicted molar refractivity (Wildman–Crippen MR) is 95.2 cm³/mol. The Morgan fingerprint density at radius 2 is 1.96 bits per heavy atom. The van der Waals surface area contributed by atoms with Crippen LogP contribution >= 0.6 is 12.2 Å². The van der Waals surface area contributed by atoms with Crippen LogP contribution in [0.3, 0.4) is 0 Å². The van der Waals surface area contributed by atoms with Gasteiger partial charge in [0.25, 0.3) is 5.91 Å². The molecule has 1 fully saturated rings. The molecule has 4 N–H and O–H groups in total. The number of benzene rings is 1. The van der Waals surface area contributed by atoms with E-state index in [1.54, 1.807) is 6.92 Å². The van der Waals surface area contributed by atoms with Crippen molar-refractivity contribution in [2.24, 2.45) is 0 Å². The highest BCUT2D eigenvalue weighted by Crippen LogP contribution is 2.27. The van der Waals surface area contributed by atoms with E-state index < -0.39 is 11.6 Å². The smallest absolute Gasteiger partial charge is 0.344 e. The minimum atomic E-state index is -1.10. The van der Waals surface area contributed by atoms with Gasteiger partial charge in [0.05, 0.1) is 20.6 Å². The molecule has 1 heterocycles. The van der Waals surface area contributed by atoms with Gasteiger partial charge in [-0.25, -0.2) is 4.79 Å². The summed E-state index contributed by atoms with van der Waals surface area (Å²) in [6.07, 6.45) is 0.937. The third-order valence-corrected chi connectivity index (χ3v) is 4.13. The summed E-state index contributed by atoms with van der Waals surface area (Å²) in [7, 11) is 4.16. The lowest BCUT2D eigenvalue weighted by Gasteiger charge is -2.22. The first-order chi connectivity index (χ1) is 11.3. The van der Waals surface area contributed by atoms with Crippen molar-refractivity contribution in [2.75, 3.05) is 27.2 Å². The summed E-state index contributed by atoms with van der Waals surface area (Å²) in [6, 6.07) is 8.61. The number of nitrogens with zero attached hydrogens (tertiary/aromatic N) is 1. The topological polar surface area (TPSA) is 77.9 Å². The summed E-state index contributed by atoms with van der Waals surface area (Å²) in [5.41, 5.74) is 2.30. The van der Waals surface area contributed by atoms with Crippen molar-refractivity contribution < 1.29 is 14.5 Å². The summed E-state index contributed by atoms with van der Waals surface area (Å²) in [5.74, 6) is -0.388. The fourth-order valence-corrected chi connectivity index (χ4v) is 2.69. The average molecular weight is 350 g/mol. The van der Waals surface area contributed by atoms with E-state index in [1.807, 2.05) is 30.3 Å². The summed E-state index contributed by atoms with van der Waals surface area (Å²) in [5, 5.41) is 6.91. The molecule has 24 heavy (non-hydrogen) atoms. The molecule has 1 saturated heterocycles. The molecule has 7 nitrogen and oxygen atoms in total. The summed E-state index contributed by atoms with van der Waals surface area (Å²) < 4.78 is 0. The number of amides is 3. The van der Waals surface area contributed by atoms with Gasteiger partial charge < -0.3 is 15.5 Å². The first-order valence-electron chi connectivity index (χ1n) is 7.90. The van der Waals surface area contributed by atoms with E-state index in [9.17, 15) is 9.59 Å². The van der Waals surface area contributed by atoms with E-state index in [1.165, 1.54) is 4.90 Å². The number of urea groups is 1. The number of quaternary nitrogens is 1. The molecule has 130 valence electrons. The number of imide groups is 1. The van der Waals surface area contributed by atoms with E-state index in [2.05, 4.69) is 30.2 Å². The predicted octanol–water partition coefficient (Wildman–Crippen LogP) is -0.633. The van der Waals surface area contributed by atoms with Gasteiger partial charge in [-0.1, -0.05) is 30.3 Å². The summed E-state index contributed by atoms with van der Waals surface area (Å²) in [6.45, 7) is 3.36. The maximum atomic E-state index is 12.7. The monoisotopic (exact) mass is 350 g/mol. The Hall–Kier alpha value is -2.19. The lowest BCUT2D eigenvalue weighted by Crippen LogP contribution is -3.05. The van der Waals surface area contributed by atoms with Gasteiger partial charge >= 0.3 is 6.03 Å². The van der Waals surface area contributed by atoms with Crippen LogP contribution in [0.4, 0.5) is 4.79 Å². The molecule has 1 aliphatic rings. The van der Waals surface area contributed by atoms with Crippen molar-refractivity contribution in [3.8, 4) is 0 Å². The minimum absolute atomic E-state index is 0.254. The normalized spacial score (nSPS) is 20.2. The lowest BCUT2D eigenvalue weighted by molar-refractivity contribution is -0.858. The number of nitrogens with one attached hydrogen (secondary N) is 4. The fourth-order valence-electron chi connectivity index (χ4n) is 2.49. The van der Waals surface area contributed by atoms with E-state index in [4.69, 9.17) is 12.2 Å². The van der Waals surface area contributed by atoms with Gasteiger partial charge in [-0.15, -0.1) is 0 Å². The number of hydrogen-bond acceptors (Lipinski definition) is 3. The van der Waals surface area contributed by atoms with Crippen molar-refractivity contribution in [2.45, 2.75) is 18.9 Å². The van der Waals surface area contributed by atoms with Gasteiger partial charge in [0.2, 0.25) is 0 Å². The number of carbonyl (C=O) groups is 2. The van der Waals surface area contributed by atoms with Crippen molar-refractivity contribution in [1.82, 2.24) is 21.1 Å². The fraction of sp³-hybridized carbons (Fsp3) is 0.438. The molecule has 0 aromatic heterocycles. The summed E-state index contributed by atoms with van der Waals surface area (Å²) >= 11 is 5.16. The molecule has 0 unspecified atom stereocenters. The number of thiocarbonyl (C=S) groups is 1. The molecule has 1 aliphatic heterocycles. The van der Waals surface area contributed by atoms with Crippen LogP contribution < -0.4 is 21.0 Å². The largest absolute Gasteiger partial charge is 0.361 e. The van der Waals surface area contributed by atoms with Gasteiger partial charge in [-0.2, -0.15) is 5.01 Å². The number of hydrogen-bond donors (Lipinski definition) is 4. The van der Waals surface area contributed by atoms with Gasteiger partial charge in [0.1, 0.15) is 5.54 Å². The Morgan fingerprint density at radius 1 is 1.29 bits per heavy atom. The van der Waals surface area contributed by atoms with Crippen LogP contribution in [0.25, 0.3) is 0 Å². The molecule has 8 heteroatoms. The second-order valence-corrected chi connectivity index (χ2v) is 6.65. The van der Waals surface area contributed by atoms with Crippen molar-refractivity contribution >= 4 is 29.3 Å². The Balaban J connectivity index is 1.96. The maximum Gasteiger partial charge on any atom is 0.344 e. The number of carbonyl (C=O) groups excluding carboxylic acids is 2. The van der Waals surface area contributed by atoms with Crippen molar-refractivity contribution in [3.63, 3.8) is 0 Å². The first kappa shape index (κ1) is 18.2. The van der Waals surface area contributed by atoms with Crippen molar-refractivity contribution in [3.05, 3.63) is 35.9 Å². The van der Waals surface area contributed by atoms with Gasteiger partial charge in [-0.3, -0.25) is 10.2 Å². The SMILES string of the molecule is C[NH+](C)CCCNC(=S)NN1C(=O)N[C@@](C)(c2ccccc2)C1=O. The third-order valence-electron chi connectivity index (χ3n) is 3.89. The Bertz CT molecular complexity index is 622. The zero-order valence-electron chi connectivity index (χ0n) is 14.2. The maximum absolute atomic E-state index is 12.7. The van der Waals surface area contributed by atoms with Crippen LogP contribution in [0.15, 0.2) is 30.3 Å². The van der Waals surface area contributed by atoms with Crippen LogP contribution in [0, 0.1) is 0 Å². The van der Waals surface area contributed by atoms with Gasteiger partial charge in [-0.05, 0) is 24.7 Å². The average Bonchev–Trinajstić information content (AvgIpc) is 2.77. The molecular formula is C16H24N5O2S+. The summed E-state index contributed by atoms with van der Waals surface area (Å²) in [4.78, 5) is 26.2. The van der Waals surface area contributed by atoms with Crippen LogP contribution in [-0.2, 0) is 10.3 Å². The van der Waals surface area contributed by atoms with E-state index in [-0.39, 0.29) is 11.0 Å². The highest BCUT2D eigenvalue weighted by atomic mass is 32.1. The second-order valence-electron chi connectivity index (χ2n) is 6.24. The highest BCUT2D eigenvalue weighted by Gasteiger charge is 2.49. The lowest BCUT2D eigenvalue weighted by atomic mass is 9.92. The molecule has 0 radical (unpaired) electrons. The standard InChI is InChI=1S/C16H23N5O2S/c1-16(12-8-5-4-6-9-12)13(22)21(15(23)18-16)19-14(24)17-10-7-11-20(2)3/h4-6,8-9H,7,10-11H2,1-3H3,(H,18,23)(H2,17,19,24)/p+1/t16-/m0/s1. The minimum Gasteiger partial charge on any atom is -0.361 e. The molecule has 0 bridgehead atoms. The van der Waals surface area contributed by atoms with E-state index in [0.29, 0.717) is 6.54 Å². The molecular weight excluding hydrogens is 326 g/mol. The molecule has 0 aliphatic carbocycles. The molecule has 1 atom stereocenters. The Labute approximate surface area is 147 Å². The first-order valence-corrected chi connectivity index (χ1v) is 8.31. The van der Waals surface area contributed by atoms with Gasteiger partial charge in [0, 0.05) is 13.0 Å². The van der Waals surface area contributed by atoms with Crippen LogP contribution in [0.5, 0.6) is 0 Å². The van der Waals surface area contributed by atoms with Gasteiger partial charge in [0.15, 0.2) is 5.11 Å². The molecule has 1 aromatic carbocycles. The van der Waals surface area contributed by atoms with Crippen LogP contribution in [0.2, 0.25) is 0 Å². The molecule has 1 aromatic rings. The Morgan fingerprint density at radius 3 is 2.58 bits per heavy atom. The third kappa shape index (κ3) is 4.01. The molecule has 2 rings (SSSR count). The second kappa shape index (κ2) is 7.59. The molecule has 0 spiro atoms. The molecule has 3 amide bonds. The van der Waals surface area contributed by atoms with Crippen LogP contribution in [-0.4, -0.2) is 49.2 Å². The number of hydrazine groups is 1. The quantitative estimate of drug-likeness (QED) is 0.312. The highest BCUT2D eigenvalue weighted by molar-refractivity contribution is 7.80. The van der Waals surface area contributed by atoms with E-state index >= 15 is 0 Å². The Kier molecular flexibility index (Phi) is 5.74. The van der Waals surface area contributed by atoms with E-state index in [0.717, 1.165) is 23.5 Å². The van der Waals surface area contributed by atoms with Crippen molar-refractivity contribution in [1.29, 1.82) is 0 Å². The van der Waals surface area contributed by atoms with Crippen LogP contribution in [0.1, 0.15) is 18.9 Å².